The first-order valence-corrected chi connectivity index (χ1v) is 18.1. The lowest BCUT2D eigenvalue weighted by molar-refractivity contribution is -0.841. The summed E-state index contributed by atoms with van der Waals surface area (Å²) in [4.78, 5) is 1.70. The average molecular weight is 551 g/mol. The Morgan fingerprint density at radius 3 is 1.75 bits per heavy atom. The topological polar surface area (TPSA) is 7.45 Å². The second-order valence-corrected chi connectivity index (χ2v) is 13.2. The van der Waals surface area contributed by atoms with Crippen LogP contribution in [0, 0.1) is 12.5 Å². The van der Waals surface area contributed by atoms with Gasteiger partial charge in [0.1, 0.15) is 13.1 Å². The molecule has 0 aliphatic carbocycles. The minimum atomic E-state index is 1.20. The highest BCUT2D eigenvalue weighted by molar-refractivity contribution is 5.74. The zero-order chi connectivity index (χ0) is 27.8. The van der Waals surface area contributed by atoms with E-state index in [4.69, 9.17) is 0 Å². The molecule has 2 nitrogen and oxygen atoms in total. The molecule has 0 saturated heterocycles. The van der Waals surface area contributed by atoms with Gasteiger partial charge in [0.25, 0.3) is 0 Å². The van der Waals surface area contributed by atoms with Crippen molar-refractivity contribution in [3.05, 3.63) is 48.5 Å². The molecule has 0 spiro atoms. The lowest BCUT2D eigenvalue weighted by Gasteiger charge is -2.28. The van der Waals surface area contributed by atoms with Crippen molar-refractivity contribution >= 4 is 6.21 Å². The number of fused-ring (bicyclic) bond motifs is 2. The molecule has 1 N–H and O–H groups in total. The predicted octanol–water partition coefficient (Wildman–Crippen LogP) is 9.87. The van der Waals surface area contributed by atoms with Crippen molar-refractivity contribution in [1.82, 2.24) is 0 Å². The summed E-state index contributed by atoms with van der Waals surface area (Å²) >= 11 is 0. The van der Waals surface area contributed by atoms with Gasteiger partial charge < -0.3 is 15.6 Å². The molecule has 4 bridgehead atoms. The summed E-state index contributed by atoms with van der Waals surface area (Å²) in [5.74, 6) is 1.54. The molecule has 1 atom stereocenters. The van der Waals surface area contributed by atoms with Gasteiger partial charge in [0.05, 0.1) is 12.7 Å². The van der Waals surface area contributed by atoms with Gasteiger partial charge in [0.15, 0.2) is 0 Å². The fourth-order valence-corrected chi connectivity index (χ4v) is 6.76. The lowest BCUT2D eigenvalue weighted by atomic mass is 9.98. The van der Waals surface area contributed by atoms with Crippen molar-refractivity contribution < 1.29 is 9.48 Å². The number of hydrogen-bond donors (Lipinski definition) is 1. The smallest absolute Gasteiger partial charge is 0.123 e. The summed E-state index contributed by atoms with van der Waals surface area (Å²) in [6.07, 6.45) is 51.2. The Morgan fingerprint density at radius 1 is 0.600 bits per heavy atom. The minimum Gasteiger partial charge on any atom is -0.343 e. The molecule has 0 radical (unpaired) electrons. The molecule has 0 aromatic heterocycles. The van der Waals surface area contributed by atoms with Gasteiger partial charge in [-0.3, -0.25) is 6.08 Å². The van der Waals surface area contributed by atoms with E-state index < -0.39 is 0 Å². The first-order chi connectivity index (χ1) is 19.9. The molecular formula is C38H66N2. The van der Waals surface area contributed by atoms with Gasteiger partial charge in [0.2, 0.25) is 0 Å². The molecule has 3 aliphatic heterocycles. The van der Waals surface area contributed by atoms with E-state index in [9.17, 15) is 0 Å². The minimum absolute atomic E-state index is 1.20. The van der Waals surface area contributed by atoms with Crippen LogP contribution in [0.15, 0.2) is 36.1 Å². The Morgan fingerprint density at radius 2 is 1.12 bits per heavy atom. The van der Waals surface area contributed by atoms with Gasteiger partial charge in [-0.15, -0.1) is 6.42 Å². The van der Waals surface area contributed by atoms with Crippen molar-refractivity contribution in [3.63, 3.8) is 0 Å². The number of hydrogen-bond acceptors (Lipinski definition) is 0. The molecule has 228 valence electrons. The maximum absolute atomic E-state index is 2.56. The molecule has 0 amide bonds. The van der Waals surface area contributed by atoms with Crippen LogP contribution in [-0.4, -0.2) is 30.4 Å². The fraction of sp³-hybridized carbons (Fsp3) is 0.763. The fourth-order valence-electron chi connectivity index (χ4n) is 6.76. The zero-order valence-corrected chi connectivity index (χ0v) is 26.5. The van der Waals surface area contributed by atoms with Crippen LogP contribution in [0.25, 0.3) is 0 Å². The number of rotatable bonds is 0. The maximum Gasteiger partial charge on any atom is 0.123 e. The van der Waals surface area contributed by atoms with E-state index in [1.807, 2.05) is 0 Å². The van der Waals surface area contributed by atoms with Crippen molar-refractivity contribution in [2.75, 3.05) is 19.6 Å². The highest BCUT2D eigenvalue weighted by Gasteiger charge is 2.10. The SMILES string of the molecule is C1=C[C-]2C=[N+]([CH-]1)CCCCCCCCCCCCCCC1=C[NH+](CC=C1)CCCCCCCCCCCCCC2. The van der Waals surface area contributed by atoms with Crippen LogP contribution in [0.5, 0.6) is 0 Å². The molecular weight excluding hydrogens is 484 g/mol. The molecule has 3 rings (SSSR count). The van der Waals surface area contributed by atoms with Gasteiger partial charge in [-0.1, -0.05) is 128 Å². The van der Waals surface area contributed by atoms with Crippen LogP contribution >= 0.6 is 0 Å². The van der Waals surface area contributed by atoms with E-state index in [1.165, 1.54) is 192 Å². The Bertz CT molecular complexity index is 730. The Labute approximate surface area is 250 Å². The summed E-state index contributed by atoms with van der Waals surface area (Å²) in [5, 5.41) is 0. The molecule has 3 heterocycles. The highest BCUT2D eigenvalue weighted by Crippen LogP contribution is 2.19. The number of nitrogens with one attached hydrogen (secondary N) is 1. The summed E-state index contributed by atoms with van der Waals surface area (Å²) in [6.45, 7) is 6.01. The van der Waals surface area contributed by atoms with E-state index >= 15 is 0 Å². The third-order valence-electron chi connectivity index (χ3n) is 9.37. The van der Waals surface area contributed by atoms with Crippen LogP contribution < -0.4 is 4.90 Å². The molecule has 3 aliphatic rings. The highest BCUT2D eigenvalue weighted by atomic mass is 15.1. The Kier molecular flexibility index (Phi) is 19.2. The van der Waals surface area contributed by atoms with E-state index in [0.717, 1.165) is 0 Å². The second-order valence-electron chi connectivity index (χ2n) is 13.2. The summed E-state index contributed by atoms with van der Waals surface area (Å²) in [7, 11) is 0. The van der Waals surface area contributed by atoms with Crippen LogP contribution in [0.3, 0.4) is 0 Å². The van der Waals surface area contributed by atoms with Gasteiger partial charge in [-0.25, -0.2) is 5.92 Å². The van der Waals surface area contributed by atoms with Crippen molar-refractivity contribution in [2.24, 2.45) is 0 Å². The summed E-state index contributed by atoms with van der Waals surface area (Å²) in [6, 6.07) is 0. The Balaban J connectivity index is 1.29. The van der Waals surface area contributed by atoms with Gasteiger partial charge in [0, 0.05) is 12.0 Å². The molecule has 2 heteroatoms. The van der Waals surface area contributed by atoms with Crippen LogP contribution in [0.2, 0.25) is 0 Å². The molecule has 0 aromatic carbocycles. The molecule has 0 aromatic rings. The van der Waals surface area contributed by atoms with Gasteiger partial charge in [-0.2, -0.15) is 0 Å². The van der Waals surface area contributed by atoms with Gasteiger partial charge in [-0.05, 0) is 50.9 Å². The standard InChI is InChI=1S/C38H65N2/c1-3-7-11-15-19-23-31-39-33-26-30-38(36-39)28-22-18-14-10-6-2-4-8-12-16-20-24-32-40-34-25-29-37(35-40)27-21-17-13-9-5-1/h25-26,29-30,33,35-36H,1-24,27-28,31-32,34H2/q-1/p+1. The monoisotopic (exact) mass is 551 g/mol. The lowest BCUT2D eigenvalue weighted by Crippen LogP contribution is -3.07. The number of quaternary nitrogens is 1. The first-order valence-electron chi connectivity index (χ1n) is 18.1. The largest absolute Gasteiger partial charge is 0.343 e. The van der Waals surface area contributed by atoms with Crippen LogP contribution in [-0.2, 0) is 0 Å². The van der Waals surface area contributed by atoms with Crippen molar-refractivity contribution in [2.45, 2.75) is 167 Å². The van der Waals surface area contributed by atoms with Crippen LogP contribution in [0.4, 0.5) is 0 Å². The van der Waals surface area contributed by atoms with E-state index in [0.29, 0.717) is 0 Å². The number of allylic oxidation sites excluding steroid dienone is 3. The normalized spacial score (nSPS) is 25.6. The van der Waals surface area contributed by atoms with Crippen molar-refractivity contribution in [1.29, 1.82) is 0 Å². The first kappa shape index (κ1) is 33.1. The summed E-state index contributed by atoms with van der Waals surface area (Å²) < 4.78 is 2.44. The molecule has 1 unspecified atom stereocenters. The summed E-state index contributed by atoms with van der Waals surface area (Å²) in [5.41, 5.74) is 1.60. The van der Waals surface area contributed by atoms with Crippen molar-refractivity contribution in [3.8, 4) is 0 Å². The van der Waals surface area contributed by atoms with Gasteiger partial charge >= 0.3 is 0 Å². The molecule has 0 fully saturated rings. The third-order valence-corrected chi connectivity index (χ3v) is 9.37. The quantitative estimate of drug-likeness (QED) is 0.227. The van der Waals surface area contributed by atoms with E-state index in [2.05, 4.69) is 47.8 Å². The molecule has 0 saturated carbocycles. The Hall–Kier alpha value is -1.41. The van der Waals surface area contributed by atoms with E-state index in [-0.39, 0.29) is 0 Å². The van der Waals surface area contributed by atoms with Crippen LogP contribution in [0.1, 0.15) is 167 Å². The average Bonchev–Trinajstić information content (AvgIpc) is 2.97. The predicted molar refractivity (Wildman–Crippen MR) is 176 cm³/mol. The zero-order valence-electron chi connectivity index (χ0n) is 26.5. The maximum atomic E-state index is 2.56. The number of nitrogens with zero attached hydrogens (tertiary/aromatic N) is 1. The van der Waals surface area contributed by atoms with E-state index in [1.54, 1.807) is 10.5 Å². The second kappa shape index (κ2) is 23.2. The third kappa shape index (κ3) is 16.8. The molecule has 40 heavy (non-hydrogen) atoms.